The standard InChI is InChI=1S/C9H7N3O2/c13-5-7-2-1-3-8(4-7)12-6-10-11-9(12)14/h1-6H,(H,11,14). The van der Waals surface area contributed by atoms with E-state index in [1.54, 1.807) is 24.3 Å². The molecule has 0 unspecified atom stereocenters. The molecule has 2 rings (SSSR count). The van der Waals surface area contributed by atoms with Crippen molar-refractivity contribution in [3.8, 4) is 5.69 Å². The molecule has 0 aliphatic carbocycles. The molecule has 2 aromatic rings. The van der Waals surface area contributed by atoms with Gasteiger partial charge in [0.1, 0.15) is 12.6 Å². The van der Waals surface area contributed by atoms with Gasteiger partial charge >= 0.3 is 5.69 Å². The average molecular weight is 189 g/mol. The number of carbonyl (C=O) groups is 1. The predicted octanol–water partition coefficient (Wildman–Crippen LogP) is 0.373. The summed E-state index contributed by atoms with van der Waals surface area (Å²) < 4.78 is 1.33. The van der Waals surface area contributed by atoms with Gasteiger partial charge in [0, 0.05) is 5.56 Å². The predicted molar refractivity (Wildman–Crippen MR) is 49.6 cm³/mol. The van der Waals surface area contributed by atoms with Crippen LogP contribution in [0.1, 0.15) is 10.4 Å². The third-order valence-electron chi connectivity index (χ3n) is 1.84. The van der Waals surface area contributed by atoms with Crippen LogP contribution >= 0.6 is 0 Å². The Morgan fingerprint density at radius 1 is 1.43 bits per heavy atom. The second kappa shape index (κ2) is 3.29. The number of H-pyrrole nitrogens is 1. The van der Waals surface area contributed by atoms with Crippen molar-refractivity contribution in [1.29, 1.82) is 0 Å². The summed E-state index contributed by atoms with van der Waals surface area (Å²) in [6, 6.07) is 6.72. The Morgan fingerprint density at radius 3 is 2.93 bits per heavy atom. The molecule has 70 valence electrons. The molecule has 0 amide bonds. The summed E-state index contributed by atoms with van der Waals surface area (Å²) in [5.41, 5.74) is 0.817. The summed E-state index contributed by atoms with van der Waals surface area (Å²) in [4.78, 5) is 21.7. The van der Waals surface area contributed by atoms with Gasteiger partial charge in [-0.05, 0) is 12.1 Å². The van der Waals surface area contributed by atoms with Crippen molar-refractivity contribution in [3.63, 3.8) is 0 Å². The molecule has 1 heterocycles. The third kappa shape index (κ3) is 1.35. The molecular formula is C9H7N3O2. The first kappa shape index (κ1) is 8.43. The molecule has 0 radical (unpaired) electrons. The van der Waals surface area contributed by atoms with E-state index in [9.17, 15) is 9.59 Å². The fourth-order valence-corrected chi connectivity index (χ4v) is 1.18. The van der Waals surface area contributed by atoms with E-state index in [0.717, 1.165) is 6.29 Å². The fraction of sp³-hybridized carbons (Fsp3) is 0. The quantitative estimate of drug-likeness (QED) is 0.694. The van der Waals surface area contributed by atoms with Crippen molar-refractivity contribution < 1.29 is 4.79 Å². The molecule has 0 saturated heterocycles. The van der Waals surface area contributed by atoms with Crippen molar-refractivity contribution in [2.45, 2.75) is 0 Å². The van der Waals surface area contributed by atoms with Gasteiger partial charge in [0.15, 0.2) is 0 Å². The summed E-state index contributed by atoms with van der Waals surface area (Å²) in [7, 11) is 0. The van der Waals surface area contributed by atoms with Gasteiger partial charge in [0.05, 0.1) is 5.69 Å². The van der Waals surface area contributed by atoms with E-state index in [2.05, 4.69) is 10.2 Å². The van der Waals surface area contributed by atoms with Crippen LogP contribution in [0.4, 0.5) is 0 Å². The zero-order valence-corrected chi connectivity index (χ0v) is 7.18. The number of nitrogens with one attached hydrogen (secondary N) is 1. The molecule has 0 fully saturated rings. The third-order valence-corrected chi connectivity index (χ3v) is 1.84. The Balaban J connectivity index is 2.57. The fourth-order valence-electron chi connectivity index (χ4n) is 1.18. The van der Waals surface area contributed by atoms with Crippen molar-refractivity contribution in [1.82, 2.24) is 14.8 Å². The molecule has 1 aromatic heterocycles. The minimum atomic E-state index is -0.326. The van der Waals surface area contributed by atoms with Crippen LogP contribution in [0.5, 0.6) is 0 Å². The van der Waals surface area contributed by atoms with Gasteiger partial charge in [-0.15, -0.1) is 0 Å². The van der Waals surface area contributed by atoms with E-state index in [-0.39, 0.29) is 5.69 Å². The summed E-state index contributed by atoms with van der Waals surface area (Å²) in [5, 5.41) is 5.86. The van der Waals surface area contributed by atoms with Crippen LogP contribution in [-0.2, 0) is 0 Å². The SMILES string of the molecule is O=Cc1cccc(-n2cn[nH]c2=O)c1. The van der Waals surface area contributed by atoms with Gasteiger partial charge in [0.2, 0.25) is 0 Å². The Labute approximate surface area is 79.0 Å². The van der Waals surface area contributed by atoms with Crippen LogP contribution in [0.3, 0.4) is 0 Å². The molecule has 14 heavy (non-hydrogen) atoms. The Bertz CT molecular complexity index is 513. The number of aromatic amines is 1. The maximum Gasteiger partial charge on any atom is 0.347 e. The highest BCUT2D eigenvalue weighted by molar-refractivity contribution is 5.75. The maximum atomic E-state index is 11.2. The minimum Gasteiger partial charge on any atom is -0.298 e. The van der Waals surface area contributed by atoms with Crippen LogP contribution in [0, 0.1) is 0 Å². The highest BCUT2D eigenvalue weighted by Crippen LogP contribution is 2.05. The van der Waals surface area contributed by atoms with E-state index in [1.165, 1.54) is 10.9 Å². The van der Waals surface area contributed by atoms with Crippen LogP contribution in [0.25, 0.3) is 5.69 Å². The van der Waals surface area contributed by atoms with Crippen LogP contribution in [0.2, 0.25) is 0 Å². The first-order valence-corrected chi connectivity index (χ1v) is 3.99. The van der Waals surface area contributed by atoms with Gasteiger partial charge in [-0.2, -0.15) is 5.10 Å². The molecule has 5 nitrogen and oxygen atoms in total. The maximum absolute atomic E-state index is 11.2. The molecular weight excluding hydrogens is 182 g/mol. The molecule has 5 heteroatoms. The van der Waals surface area contributed by atoms with E-state index < -0.39 is 0 Å². The van der Waals surface area contributed by atoms with Crippen molar-refractivity contribution in [2.24, 2.45) is 0 Å². The van der Waals surface area contributed by atoms with Crippen molar-refractivity contribution in [3.05, 3.63) is 46.6 Å². The number of benzene rings is 1. The summed E-state index contributed by atoms with van der Waals surface area (Å²) in [6.07, 6.45) is 2.10. The van der Waals surface area contributed by atoms with Gasteiger partial charge in [-0.1, -0.05) is 12.1 Å². The zero-order valence-electron chi connectivity index (χ0n) is 7.18. The van der Waals surface area contributed by atoms with Crippen LogP contribution in [-0.4, -0.2) is 21.1 Å². The lowest BCUT2D eigenvalue weighted by atomic mass is 10.2. The minimum absolute atomic E-state index is 0.326. The number of aromatic nitrogens is 3. The van der Waals surface area contributed by atoms with Crippen molar-refractivity contribution in [2.75, 3.05) is 0 Å². The number of carbonyl (C=O) groups excluding carboxylic acids is 1. The Hall–Kier alpha value is -2.17. The monoisotopic (exact) mass is 189 g/mol. The molecule has 0 atom stereocenters. The molecule has 1 aromatic carbocycles. The van der Waals surface area contributed by atoms with Crippen molar-refractivity contribution >= 4 is 6.29 Å². The normalized spacial score (nSPS) is 10.0. The van der Waals surface area contributed by atoms with E-state index in [0.29, 0.717) is 11.3 Å². The molecule has 0 aliphatic heterocycles. The number of rotatable bonds is 2. The lowest BCUT2D eigenvalue weighted by Crippen LogP contribution is -2.14. The number of aldehydes is 1. The number of hydrogen-bond acceptors (Lipinski definition) is 3. The van der Waals surface area contributed by atoms with E-state index in [4.69, 9.17) is 0 Å². The highest BCUT2D eigenvalue weighted by Gasteiger charge is 2.00. The van der Waals surface area contributed by atoms with Gasteiger partial charge < -0.3 is 0 Å². The first-order chi connectivity index (χ1) is 6.81. The topological polar surface area (TPSA) is 67.8 Å². The largest absolute Gasteiger partial charge is 0.347 e. The highest BCUT2D eigenvalue weighted by atomic mass is 16.1. The molecule has 0 spiro atoms. The second-order valence-corrected chi connectivity index (χ2v) is 2.74. The van der Waals surface area contributed by atoms with Crippen LogP contribution < -0.4 is 5.69 Å². The molecule has 1 N–H and O–H groups in total. The van der Waals surface area contributed by atoms with Gasteiger partial charge in [0.25, 0.3) is 0 Å². The first-order valence-electron chi connectivity index (χ1n) is 3.99. The average Bonchev–Trinajstić information content (AvgIpc) is 2.65. The van der Waals surface area contributed by atoms with E-state index in [1.807, 2.05) is 0 Å². The smallest absolute Gasteiger partial charge is 0.298 e. The Kier molecular flexibility index (Phi) is 1.98. The molecule has 0 aliphatic rings. The lowest BCUT2D eigenvalue weighted by Gasteiger charge is -1.99. The Morgan fingerprint density at radius 2 is 2.29 bits per heavy atom. The van der Waals surface area contributed by atoms with Gasteiger partial charge in [-0.25, -0.2) is 14.5 Å². The summed E-state index contributed by atoms with van der Waals surface area (Å²) in [5.74, 6) is 0. The zero-order chi connectivity index (χ0) is 9.97. The molecule has 0 bridgehead atoms. The summed E-state index contributed by atoms with van der Waals surface area (Å²) >= 11 is 0. The lowest BCUT2D eigenvalue weighted by molar-refractivity contribution is 0.112. The summed E-state index contributed by atoms with van der Waals surface area (Å²) in [6.45, 7) is 0. The number of hydrogen-bond donors (Lipinski definition) is 1. The van der Waals surface area contributed by atoms with Gasteiger partial charge in [-0.3, -0.25) is 4.79 Å². The second-order valence-electron chi connectivity index (χ2n) is 2.74. The molecule has 0 saturated carbocycles. The number of nitrogens with zero attached hydrogens (tertiary/aromatic N) is 2. The van der Waals surface area contributed by atoms with E-state index >= 15 is 0 Å². The van der Waals surface area contributed by atoms with Crippen LogP contribution in [0.15, 0.2) is 35.4 Å².